The van der Waals surface area contributed by atoms with Crippen LogP contribution in [0.25, 0.3) is 0 Å². The van der Waals surface area contributed by atoms with Crippen molar-refractivity contribution in [1.29, 1.82) is 0 Å². The first-order valence-corrected chi connectivity index (χ1v) is 5.82. The van der Waals surface area contributed by atoms with E-state index in [9.17, 15) is 19.3 Å². The second kappa shape index (κ2) is 4.83. The van der Waals surface area contributed by atoms with E-state index in [2.05, 4.69) is 0 Å². The molecule has 1 aliphatic rings. The van der Waals surface area contributed by atoms with Crippen LogP contribution in [0.4, 0.5) is 15.8 Å². The molecule has 0 aromatic heterocycles. The number of halogens is 1. The van der Waals surface area contributed by atoms with Gasteiger partial charge in [-0.25, -0.2) is 0 Å². The molecule has 1 atom stereocenters. The summed E-state index contributed by atoms with van der Waals surface area (Å²) in [5, 5.41) is 19.7. The second-order valence-electron chi connectivity index (χ2n) is 4.66. The molecule has 0 radical (unpaired) electrons. The average Bonchev–Trinajstić information content (AvgIpc) is 2.26. The molecule has 1 fully saturated rings. The van der Waals surface area contributed by atoms with Crippen molar-refractivity contribution >= 4 is 17.3 Å². The lowest BCUT2D eigenvalue weighted by molar-refractivity contribution is -0.386. The van der Waals surface area contributed by atoms with Crippen molar-refractivity contribution in [1.82, 2.24) is 0 Å². The third-order valence-electron chi connectivity index (χ3n) is 3.50. The molecule has 7 heteroatoms. The number of anilines is 1. The van der Waals surface area contributed by atoms with Gasteiger partial charge in [-0.2, -0.15) is 4.39 Å². The summed E-state index contributed by atoms with van der Waals surface area (Å²) in [6, 6.07) is 3.92. The minimum absolute atomic E-state index is 0.0691. The number of rotatable bonds is 4. The van der Waals surface area contributed by atoms with E-state index in [0.717, 1.165) is 6.07 Å². The highest BCUT2D eigenvalue weighted by Crippen LogP contribution is 2.36. The van der Waals surface area contributed by atoms with Gasteiger partial charge in [0.2, 0.25) is 5.82 Å². The van der Waals surface area contributed by atoms with Gasteiger partial charge in [-0.3, -0.25) is 14.9 Å². The predicted octanol–water partition coefficient (Wildman–Crippen LogP) is 1.89. The maximum absolute atomic E-state index is 13.4. The molecular formula is C12H13FN2O4. The van der Waals surface area contributed by atoms with E-state index in [1.807, 2.05) is 0 Å². The molecule has 1 aliphatic heterocycles. The van der Waals surface area contributed by atoms with Crippen molar-refractivity contribution in [3.05, 3.63) is 34.1 Å². The fourth-order valence-corrected chi connectivity index (χ4v) is 2.17. The second-order valence-corrected chi connectivity index (χ2v) is 4.66. The van der Waals surface area contributed by atoms with E-state index in [1.165, 1.54) is 12.1 Å². The SMILES string of the molecule is CC(C(=O)O)C1CN(c2cccc(F)c2[N+](=O)[O-])C1. The monoisotopic (exact) mass is 268 g/mol. The number of aliphatic carboxylic acids is 1. The highest BCUT2D eigenvalue weighted by molar-refractivity contribution is 5.71. The van der Waals surface area contributed by atoms with Crippen LogP contribution in [-0.2, 0) is 4.79 Å². The molecule has 1 unspecified atom stereocenters. The summed E-state index contributed by atoms with van der Waals surface area (Å²) in [5.41, 5.74) is -0.345. The molecule has 0 bridgehead atoms. The van der Waals surface area contributed by atoms with E-state index >= 15 is 0 Å². The number of para-hydroxylation sites is 1. The van der Waals surface area contributed by atoms with Crippen LogP contribution in [0.2, 0.25) is 0 Å². The van der Waals surface area contributed by atoms with Gasteiger partial charge in [-0.1, -0.05) is 13.0 Å². The molecule has 0 spiro atoms. The Bertz CT molecular complexity index is 528. The van der Waals surface area contributed by atoms with Gasteiger partial charge < -0.3 is 10.0 Å². The first-order chi connectivity index (χ1) is 8.91. The van der Waals surface area contributed by atoms with Gasteiger partial charge in [0.05, 0.1) is 10.8 Å². The Balaban J connectivity index is 2.16. The minimum atomic E-state index is -0.890. The molecule has 0 amide bonds. The zero-order valence-electron chi connectivity index (χ0n) is 10.2. The number of nitrogens with zero attached hydrogens (tertiary/aromatic N) is 2. The minimum Gasteiger partial charge on any atom is -0.481 e. The molecule has 2 rings (SSSR count). The molecule has 1 heterocycles. The lowest BCUT2D eigenvalue weighted by Crippen LogP contribution is -2.51. The third-order valence-corrected chi connectivity index (χ3v) is 3.50. The van der Waals surface area contributed by atoms with Gasteiger partial charge in [0.15, 0.2) is 0 Å². The predicted molar refractivity (Wildman–Crippen MR) is 65.6 cm³/mol. The van der Waals surface area contributed by atoms with Crippen molar-refractivity contribution in [2.24, 2.45) is 11.8 Å². The van der Waals surface area contributed by atoms with Crippen LogP contribution in [0.15, 0.2) is 18.2 Å². The van der Waals surface area contributed by atoms with Crippen LogP contribution in [-0.4, -0.2) is 29.1 Å². The Hall–Kier alpha value is -2.18. The topological polar surface area (TPSA) is 83.7 Å². The highest BCUT2D eigenvalue weighted by Gasteiger charge is 2.37. The Morgan fingerprint density at radius 2 is 2.21 bits per heavy atom. The van der Waals surface area contributed by atoms with E-state index in [0.29, 0.717) is 13.1 Å². The smallest absolute Gasteiger partial charge is 0.327 e. The quantitative estimate of drug-likeness (QED) is 0.666. The van der Waals surface area contributed by atoms with Crippen LogP contribution in [0, 0.1) is 27.8 Å². The summed E-state index contributed by atoms with van der Waals surface area (Å²) in [6.45, 7) is 2.37. The molecule has 1 N–H and O–H groups in total. The Morgan fingerprint density at radius 3 is 2.74 bits per heavy atom. The maximum atomic E-state index is 13.4. The number of hydrogen-bond donors (Lipinski definition) is 1. The number of nitro groups is 1. The Morgan fingerprint density at radius 1 is 1.58 bits per heavy atom. The largest absolute Gasteiger partial charge is 0.481 e. The molecule has 0 aliphatic carbocycles. The van der Waals surface area contributed by atoms with Gasteiger partial charge in [0.25, 0.3) is 0 Å². The number of benzene rings is 1. The summed E-state index contributed by atoms with van der Waals surface area (Å²) in [6.07, 6.45) is 0. The van der Waals surface area contributed by atoms with Crippen LogP contribution in [0.3, 0.4) is 0 Å². The molecule has 0 saturated carbocycles. The molecule has 19 heavy (non-hydrogen) atoms. The van der Waals surface area contributed by atoms with Crippen molar-refractivity contribution in [3.63, 3.8) is 0 Å². The van der Waals surface area contributed by atoms with E-state index < -0.39 is 28.3 Å². The third kappa shape index (κ3) is 2.35. The van der Waals surface area contributed by atoms with Gasteiger partial charge >= 0.3 is 11.7 Å². The van der Waals surface area contributed by atoms with Gasteiger partial charge in [-0.15, -0.1) is 0 Å². The molecule has 1 aromatic carbocycles. The first kappa shape index (κ1) is 13.3. The Labute approximate surface area is 108 Å². The van der Waals surface area contributed by atoms with Crippen LogP contribution < -0.4 is 4.90 Å². The zero-order valence-corrected chi connectivity index (χ0v) is 10.2. The fourth-order valence-electron chi connectivity index (χ4n) is 2.17. The van der Waals surface area contributed by atoms with Crippen molar-refractivity contribution in [2.75, 3.05) is 18.0 Å². The van der Waals surface area contributed by atoms with E-state index in [1.54, 1.807) is 11.8 Å². The zero-order chi connectivity index (χ0) is 14.2. The lowest BCUT2D eigenvalue weighted by atomic mass is 9.86. The molecule has 102 valence electrons. The number of nitro benzene ring substituents is 1. The summed E-state index contributed by atoms with van der Waals surface area (Å²) in [4.78, 5) is 22.6. The summed E-state index contributed by atoms with van der Waals surface area (Å²) < 4.78 is 13.4. The molecule has 1 aromatic rings. The summed E-state index contributed by atoms with van der Waals surface area (Å²) in [5.74, 6) is -2.35. The maximum Gasteiger partial charge on any atom is 0.327 e. The standard InChI is InChI=1S/C12H13FN2O4/c1-7(12(16)17)8-5-14(6-8)10-4-2-3-9(13)11(10)15(18)19/h2-4,7-8H,5-6H2,1H3,(H,16,17). The lowest BCUT2D eigenvalue weighted by Gasteiger charge is -2.42. The molecule has 6 nitrogen and oxygen atoms in total. The fraction of sp³-hybridized carbons (Fsp3) is 0.417. The van der Waals surface area contributed by atoms with Gasteiger partial charge in [0, 0.05) is 19.0 Å². The number of carboxylic acids is 1. The van der Waals surface area contributed by atoms with Crippen molar-refractivity contribution < 1.29 is 19.2 Å². The van der Waals surface area contributed by atoms with Crippen LogP contribution >= 0.6 is 0 Å². The average molecular weight is 268 g/mol. The normalized spacial score (nSPS) is 16.8. The van der Waals surface area contributed by atoms with Crippen molar-refractivity contribution in [2.45, 2.75) is 6.92 Å². The first-order valence-electron chi connectivity index (χ1n) is 5.82. The van der Waals surface area contributed by atoms with Gasteiger partial charge in [-0.05, 0) is 12.1 Å². The number of carboxylic acid groups (broad SMARTS) is 1. The van der Waals surface area contributed by atoms with E-state index in [4.69, 9.17) is 5.11 Å². The van der Waals surface area contributed by atoms with E-state index in [-0.39, 0.29) is 11.6 Å². The number of hydrogen-bond acceptors (Lipinski definition) is 4. The molecule has 1 saturated heterocycles. The number of carbonyl (C=O) groups is 1. The van der Waals surface area contributed by atoms with Crippen LogP contribution in [0.1, 0.15) is 6.92 Å². The Kier molecular flexibility index (Phi) is 3.37. The summed E-state index contributed by atoms with van der Waals surface area (Å²) in [7, 11) is 0. The van der Waals surface area contributed by atoms with Gasteiger partial charge in [0.1, 0.15) is 5.69 Å². The molecular weight excluding hydrogens is 255 g/mol. The highest BCUT2D eigenvalue weighted by atomic mass is 19.1. The summed E-state index contributed by atoms with van der Waals surface area (Å²) >= 11 is 0. The van der Waals surface area contributed by atoms with Crippen LogP contribution in [0.5, 0.6) is 0 Å². The van der Waals surface area contributed by atoms with Crippen molar-refractivity contribution in [3.8, 4) is 0 Å².